The molecule has 25 heavy (non-hydrogen) atoms. The lowest BCUT2D eigenvalue weighted by molar-refractivity contribution is -0.141. The largest absolute Gasteiger partial charge is 0.383 e. The first-order chi connectivity index (χ1) is 12.1. The van der Waals surface area contributed by atoms with Crippen molar-refractivity contribution in [2.75, 3.05) is 32.8 Å². The normalized spacial score (nSPS) is 24.4. The molecule has 2 aliphatic heterocycles. The van der Waals surface area contributed by atoms with Gasteiger partial charge in [-0.2, -0.15) is 5.16 Å². The van der Waals surface area contributed by atoms with E-state index in [1.807, 2.05) is 4.90 Å². The third kappa shape index (κ3) is 4.15. The van der Waals surface area contributed by atoms with Gasteiger partial charge in [0.2, 0.25) is 5.91 Å². The summed E-state index contributed by atoms with van der Waals surface area (Å²) in [4.78, 5) is 28.5. The summed E-state index contributed by atoms with van der Waals surface area (Å²) in [5.41, 5.74) is -0.197. The van der Waals surface area contributed by atoms with Crippen LogP contribution >= 0.6 is 0 Å². The van der Waals surface area contributed by atoms with E-state index in [1.165, 1.54) is 6.07 Å². The summed E-state index contributed by atoms with van der Waals surface area (Å²) in [6.07, 6.45) is 3.71. The number of ether oxygens (including phenoxy) is 1. The molecule has 0 aromatic carbocycles. The number of hydrogen-bond donors (Lipinski definition) is 1. The molecule has 0 spiro atoms. The summed E-state index contributed by atoms with van der Waals surface area (Å²) >= 11 is 0. The molecule has 3 rings (SSSR count). The molecule has 1 aromatic heterocycles. The number of aromatic amines is 1. The molecule has 0 bridgehead atoms. The second-order valence-electron chi connectivity index (χ2n) is 7.03. The molecular formula is C18H29N3O4. The minimum absolute atomic E-state index is 0.0558. The van der Waals surface area contributed by atoms with Gasteiger partial charge in [0.05, 0.1) is 18.8 Å². The molecule has 1 amide bonds. The first-order valence-corrected chi connectivity index (χ1v) is 9.45. The summed E-state index contributed by atoms with van der Waals surface area (Å²) in [5.74, 6) is 1.16. The maximum Gasteiger partial charge on any atom is 0.280 e. The Morgan fingerprint density at radius 3 is 2.68 bits per heavy atom. The first-order valence-electron chi connectivity index (χ1n) is 9.45. The highest BCUT2D eigenvalue weighted by Gasteiger charge is 2.34. The molecule has 0 radical (unpaired) electrons. The number of likely N-dealkylation sites (tertiary alicyclic amines) is 1. The van der Waals surface area contributed by atoms with Crippen LogP contribution in [0.1, 0.15) is 51.2 Å². The van der Waals surface area contributed by atoms with Gasteiger partial charge in [-0.3, -0.25) is 14.5 Å². The summed E-state index contributed by atoms with van der Waals surface area (Å²) in [7, 11) is 0. The van der Waals surface area contributed by atoms with Gasteiger partial charge in [-0.05, 0) is 25.7 Å². The van der Waals surface area contributed by atoms with E-state index in [0.717, 1.165) is 51.9 Å². The number of H-pyrrole nitrogens is 1. The Balaban J connectivity index is 1.57. The van der Waals surface area contributed by atoms with E-state index in [1.54, 1.807) is 0 Å². The van der Waals surface area contributed by atoms with Gasteiger partial charge in [0.25, 0.3) is 5.56 Å². The van der Waals surface area contributed by atoms with Crippen LogP contribution in [-0.4, -0.2) is 65.8 Å². The zero-order valence-electron chi connectivity index (χ0n) is 15.2. The average molecular weight is 351 g/mol. The second kappa shape index (κ2) is 8.19. The zero-order valence-corrected chi connectivity index (χ0v) is 15.2. The minimum atomic E-state index is -0.197. The van der Waals surface area contributed by atoms with Crippen molar-refractivity contribution in [3.63, 3.8) is 0 Å². The number of nitrogens with zero attached hydrogens (tertiary/aromatic N) is 2. The van der Waals surface area contributed by atoms with Crippen LogP contribution in [-0.2, 0) is 9.53 Å². The third-order valence-corrected chi connectivity index (χ3v) is 5.49. The van der Waals surface area contributed by atoms with Crippen molar-refractivity contribution >= 4 is 5.91 Å². The molecule has 1 N–H and O–H groups in total. The fourth-order valence-corrected chi connectivity index (χ4v) is 3.95. The van der Waals surface area contributed by atoms with Crippen LogP contribution in [0, 0.1) is 0 Å². The fraction of sp³-hybridized carbons (Fsp3) is 0.778. The van der Waals surface area contributed by atoms with Gasteiger partial charge in [-0.1, -0.05) is 13.8 Å². The molecule has 140 valence electrons. The lowest BCUT2D eigenvalue weighted by Crippen LogP contribution is -2.55. The van der Waals surface area contributed by atoms with E-state index in [4.69, 9.17) is 9.26 Å². The smallest absolute Gasteiger partial charge is 0.280 e. The summed E-state index contributed by atoms with van der Waals surface area (Å²) in [6, 6.07) is 1.47. The molecular weight excluding hydrogens is 322 g/mol. The minimum Gasteiger partial charge on any atom is -0.383 e. The highest BCUT2D eigenvalue weighted by molar-refractivity contribution is 5.82. The lowest BCUT2D eigenvalue weighted by atomic mass is 9.93. The number of carbonyl (C=O) groups excluding carboxylic acids is 1. The summed E-state index contributed by atoms with van der Waals surface area (Å²) in [5, 5.41) is 2.35. The molecule has 7 heteroatoms. The molecule has 0 aliphatic carbocycles. The second-order valence-corrected chi connectivity index (χ2v) is 7.03. The number of piperidine rings is 1. The highest BCUT2D eigenvalue weighted by atomic mass is 16.5. The van der Waals surface area contributed by atoms with E-state index < -0.39 is 0 Å². The van der Waals surface area contributed by atoms with Gasteiger partial charge in [-0.25, -0.2) is 0 Å². The van der Waals surface area contributed by atoms with Gasteiger partial charge in [0.15, 0.2) is 0 Å². The molecule has 2 saturated heterocycles. The van der Waals surface area contributed by atoms with Crippen molar-refractivity contribution in [3.05, 3.63) is 22.2 Å². The SMILES string of the molecule is CCC1CN(C(CC)C(=O)N2CCC(c3cc(=O)[nH]o3)CC2)CCO1. The monoisotopic (exact) mass is 351 g/mol. The van der Waals surface area contributed by atoms with Crippen LogP contribution in [0.15, 0.2) is 15.4 Å². The lowest BCUT2D eigenvalue weighted by Gasteiger charge is -2.40. The Morgan fingerprint density at radius 2 is 2.08 bits per heavy atom. The fourth-order valence-electron chi connectivity index (χ4n) is 3.95. The van der Waals surface area contributed by atoms with Gasteiger partial charge in [0.1, 0.15) is 5.76 Å². The van der Waals surface area contributed by atoms with Crippen LogP contribution in [0.25, 0.3) is 0 Å². The number of morpholine rings is 1. The Bertz CT molecular complexity index is 618. The average Bonchev–Trinajstić information content (AvgIpc) is 3.09. The van der Waals surface area contributed by atoms with Crippen LogP contribution < -0.4 is 5.56 Å². The van der Waals surface area contributed by atoms with Crippen molar-refractivity contribution in [2.24, 2.45) is 0 Å². The molecule has 2 fully saturated rings. The Labute approximate surface area is 148 Å². The number of aromatic nitrogens is 1. The van der Waals surface area contributed by atoms with Crippen molar-refractivity contribution in [1.82, 2.24) is 15.0 Å². The van der Waals surface area contributed by atoms with E-state index in [2.05, 4.69) is 23.9 Å². The van der Waals surface area contributed by atoms with Crippen molar-refractivity contribution in [3.8, 4) is 0 Å². The summed E-state index contributed by atoms with van der Waals surface area (Å²) < 4.78 is 11.0. The van der Waals surface area contributed by atoms with E-state index >= 15 is 0 Å². The maximum absolute atomic E-state index is 13.0. The maximum atomic E-state index is 13.0. The molecule has 2 unspecified atom stereocenters. The van der Waals surface area contributed by atoms with Crippen molar-refractivity contribution < 1.29 is 14.1 Å². The number of hydrogen-bond acceptors (Lipinski definition) is 5. The third-order valence-electron chi connectivity index (χ3n) is 5.49. The van der Waals surface area contributed by atoms with Crippen molar-refractivity contribution in [2.45, 2.75) is 57.6 Å². The van der Waals surface area contributed by atoms with Gasteiger partial charge >= 0.3 is 0 Å². The molecule has 2 atom stereocenters. The molecule has 0 saturated carbocycles. The van der Waals surface area contributed by atoms with Gasteiger partial charge < -0.3 is 14.2 Å². The zero-order chi connectivity index (χ0) is 17.8. The van der Waals surface area contributed by atoms with Crippen LogP contribution in [0.2, 0.25) is 0 Å². The first kappa shape index (κ1) is 18.2. The topological polar surface area (TPSA) is 78.8 Å². The Hall–Kier alpha value is -1.60. The Kier molecular flexibility index (Phi) is 5.96. The van der Waals surface area contributed by atoms with E-state index in [-0.39, 0.29) is 29.5 Å². The number of rotatable bonds is 5. The Morgan fingerprint density at radius 1 is 1.32 bits per heavy atom. The number of amides is 1. The predicted octanol–water partition coefficient (Wildman–Crippen LogP) is 1.56. The highest BCUT2D eigenvalue weighted by Crippen LogP contribution is 2.28. The van der Waals surface area contributed by atoms with Gasteiger partial charge in [-0.15, -0.1) is 0 Å². The standard InChI is InChI=1S/C18H29N3O4/c1-3-14-12-21(9-10-24-14)15(4-2)18(23)20-7-5-13(6-8-20)16-11-17(22)19-25-16/h11,13-15H,3-10,12H2,1-2H3,(H,19,22). The molecule has 3 heterocycles. The summed E-state index contributed by atoms with van der Waals surface area (Å²) in [6.45, 7) is 8.02. The molecule has 7 nitrogen and oxygen atoms in total. The van der Waals surface area contributed by atoms with Crippen molar-refractivity contribution in [1.29, 1.82) is 0 Å². The number of nitrogens with one attached hydrogen (secondary N) is 1. The van der Waals surface area contributed by atoms with E-state index in [9.17, 15) is 9.59 Å². The van der Waals surface area contributed by atoms with Gasteiger partial charge in [0, 0.05) is 38.2 Å². The van der Waals surface area contributed by atoms with E-state index in [0.29, 0.717) is 12.4 Å². The quantitative estimate of drug-likeness (QED) is 0.871. The molecule has 1 aromatic rings. The van der Waals surface area contributed by atoms with Crippen LogP contribution in [0.5, 0.6) is 0 Å². The van der Waals surface area contributed by atoms with Crippen LogP contribution in [0.4, 0.5) is 0 Å². The number of carbonyl (C=O) groups is 1. The molecule has 2 aliphatic rings. The predicted molar refractivity (Wildman–Crippen MR) is 93.6 cm³/mol. The van der Waals surface area contributed by atoms with Crippen LogP contribution in [0.3, 0.4) is 0 Å².